The highest BCUT2D eigenvalue weighted by Gasteiger charge is 2.27. The number of nitrogens with zero attached hydrogens (tertiary/aromatic N) is 1. The number of aromatic nitrogens is 2. The molecule has 4 N–H and O–H groups in total. The van der Waals surface area contributed by atoms with E-state index in [2.05, 4.69) is 21.4 Å². The summed E-state index contributed by atoms with van der Waals surface area (Å²) >= 11 is 0. The Hall–Kier alpha value is -2.40. The number of pyridine rings is 1. The van der Waals surface area contributed by atoms with Crippen LogP contribution in [0.2, 0.25) is 0 Å². The van der Waals surface area contributed by atoms with Crippen LogP contribution in [0.5, 0.6) is 0 Å². The smallest absolute Gasteiger partial charge is 0.255 e. The fourth-order valence-electron chi connectivity index (χ4n) is 3.81. The molecule has 0 aliphatic heterocycles. The predicted molar refractivity (Wildman–Crippen MR) is 95.4 cm³/mol. The van der Waals surface area contributed by atoms with E-state index in [0.29, 0.717) is 5.92 Å². The highest BCUT2D eigenvalue weighted by molar-refractivity contribution is 6.09. The van der Waals surface area contributed by atoms with Crippen molar-refractivity contribution in [3.8, 4) is 0 Å². The molecule has 2 aromatic rings. The molecule has 2 aromatic heterocycles. The van der Waals surface area contributed by atoms with E-state index in [1.807, 2.05) is 24.4 Å². The average Bonchev–Trinajstić information content (AvgIpc) is 3.00. The molecule has 2 heterocycles. The third kappa shape index (κ3) is 2.76. The van der Waals surface area contributed by atoms with Crippen LogP contribution in [0.25, 0.3) is 11.0 Å². The summed E-state index contributed by atoms with van der Waals surface area (Å²) in [7, 11) is 0. The molecule has 124 valence electrons. The van der Waals surface area contributed by atoms with Crippen LogP contribution in [0.4, 0.5) is 5.69 Å². The largest absolute Gasteiger partial charge is 0.346 e. The predicted octanol–water partition coefficient (Wildman–Crippen LogP) is 3.28. The molecular formula is C19H22N4O. The van der Waals surface area contributed by atoms with Gasteiger partial charge in [0.1, 0.15) is 5.65 Å². The van der Waals surface area contributed by atoms with Gasteiger partial charge in [0.15, 0.2) is 0 Å². The second kappa shape index (κ2) is 6.24. The Kier molecular flexibility index (Phi) is 3.94. The first-order valence-electron chi connectivity index (χ1n) is 8.62. The summed E-state index contributed by atoms with van der Waals surface area (Å²) in [4.78, 5) is 20.0. The molecule has 1 amide bonds. The Labute approximate surface area is 141 Å². The molecule has 4 rings (SSSR count). The molecule has 0 spiro atoms. The van der Waals surface area contributed by atoms with Crippen molar-refractivity contribution < 1.29 is 4.79 Å². The van der Waals surface area contributed by atoms with Gasteiger partial charge in [-0.15, -0.1) is 0 Å². The summed E-state index contributed by atoms with van der Waals surface area (Å²) in [6.45, 7) is 0. The summed E-state index contributed by atoms with van der Waals surface area (Å²) in [5.41, 5.74) is 9.95. The summed E-state index contributed by atoms with van der Waals surface area (Å²) in [6, 6.07) is 3.97. The van der Waals surface area contributed by atoms with Gasteiger partial charge in [-0.3, -0.25) is 4.79 Å². The molecule has 1 fully saturated rings. The standard InChI is InChI=1S/C19H22N4O/c20-16-4-2-1-3-12-11-13(5-6-14(12)16)19(24)23-17-8-10-22-18-15(17)7-9-21-18/h5,7-11,14,16H,1-4,6,20H2,(H2,21,22,23,24)/t14?,16-/m1/s1. The molecule has 2 aliphatic carbocycles. The van der Waals surface area contributed by atoms with Crippen LogP contribution in [0.15, 0.2) is 47.8 Å². The number of carbonyl (C=O) groups excluding carboxylic acids is 1. The summed E-state index contributed by atoms with van der Waals surface area (Å²) in [5.74, 6) is 0.342. The Morgan fingerprint density at radius 1 is 1.33 bits per heavy atom. The minimum Gasteiger partial charge on any atom is -0.346 e. The van der Waals surface area contributed by atoms with Gasteiger partial charge in [-0.25, -0.2) is 4.98 Å². The van der Waals surface area contributed by atoms with Crippen molar-refractivity contribution in [3.63, 3.8) is 0 Å². The minimum atomic E-state index is -0.0625. The summed E-state index contributed by atoms with van der Waals surface area (Å²) in [5, 5.41) is 3.94. The first-order chi connectivity index (χ1) is 11.7. The number of allylic oxidation sites excluding steroid dienone is 1. The van der Waals surface area contributed by atoms with E-state index in [9.17, 15) is 4.79 Å². The fourth-order valence-corrected chi connectivity index (χ4v) is 3.81. The zero-order chi connectivity index (χ0) is 16.5. The lowest BCUT2D eigenvalue weighted by molar-refractivity contribution is -0.112. The second-order valence-electron chi connectivity index (χ2n) is 6.68. The highest BCUT2D eigenvalue weighted by Crippen LogP contribution is 2.34. The van der Waals surface area contributed by atoms with Crippen molar-refractivity contribution in [1.29, 1.82) is 0 Å². The number of nitrogens with two attached hydrogens (primary N) is 1. The number of H-pyrrole nitrogens is 1. The van der Waals surface area contributed by atoms with E-state index >= 15 is 0 Å². The molecular weight excluding hydrogens is 300 g/mol. The third-order valence-electron chi connectivity index (χ3n) is 5.15. The van der Waals surface area contributed by atoms with E-state index < -0.39 is 0 Å². The molecule has 0 saturated heterocycles. The van der Waals surface area contributed by atoms with Crippen molar-refractivity contribution in [3.05, 3.63) is 47.8 Å². The zero-order valence-electron chi connectivity index (χ0n) is 13.6. The number of hydrogen-bond donors (Lipinski definition) is 3. The van der Waals surface area contributed by atoms with Crippen LogP contribution >= 0.6 is 0 Å². The minimum absolute atomic E-state index is 0.0625. The fraction of sp³-hybridized carbons (Fsp3) is 0.368. The number of fused-ring (bicyclic) bond motifs is 2. The van der Waals surface area contributed by atoms with Gasteiger partial charge in [0.2, 0.25) is 0 Å². The van der Waals surface area contributed by atoms with Gasteiger partial charge in [-0.1, -0.05) is 24.1 Å². The number of nitrogens with one attached hydrogen (secondary N) is 2. The Morgan fingerprint density at radius 2 is 2.25 bits per heavy atom. The number of hydrogen-bond acceptors (Lipinski definition) is 3. The number of amides is 1. The van der Waals surface area contributed by atoms with Crippen LogP contribution < -0.4 is 11.1 Å². The summed E-state index contributed by atoms with van der Waals surface area (Å²) < 4.78 is 0. The Morgan fingerprint density at radius 3 is 3.17 bits per heavy atom. The lowest BCUT2D eigenvalue weighted by Crippen LogP contribution is -2.31. The van der Waals surface area contributed by atoms with E-state index in [-0.39, 0.29) is 11.9 Å². The molecule has 1 saturated carbocycles. The second-order valence-corrected chi connectivity index (χ2v) is 6.68. The normalized spacial score (nSPS) is 23.9. The van der Waals surface area contributed by atoms with E-state index in [1.54, 1.807) is 6.20 Å². The van der Waals surface area contributed by atoms with Crippen molar-refractivity contribution >= 4 is 22.6 Å². The van der Waals surface area contributed by atoms with Gasteiger partial charge in [-0.05, 0) is 43.7 Å². The van der Waals surface area contributed by atoms with Crippen LogP contribution in [0, 0.1) is 5.92 Å². The molecule has 5 heteroatoms. The van der Waals surface area contributed by atoms with Crippen molar-refractivity contribution in [2.45, 2.75) is 38.1 Å². The van der Waals surface area contributed by atoms with Crippen LogP contribution in [0.3, 0.4) is 0 Å². The van der Waals surface area contributed by atoms with Gasteiger partial charge in [-0.2, -0.15) is 0 Å². The number of anilines is 1. The van der Waals surface area contributed by atoms with Crippen LogP contribution in [-0.2, 0) is 4.79 Å². The molecule has 5 nitrogen and oxygen atoms in total. The molecule has 24 heavy (non-hydrogen) atoms. The first-order valence-corrected chi connectivity index (χ1v) is 8.62. The SMILES string of the molecule is N[C@@H]1CCCCC2=CC(C(=O)Nc3ccnc4[nH]ccc34)=CCC21. The molecule has 0 radical (unpaired) electrons. The first kappa shape index (κ1) is 15.1. The highest BCUT2D eigenvalue weighted by atomic mass is 16.1. The van der Waals surface area contributed by atoms with E-state index in [1.165, 1.54) is 18.4 Å². The number of rotatable bonds is 2. The zero-order valence-corrected chi connectivity index (χ0v) is 13.6. The molecule has 0 bridgehead atoms. The van der Waals surface area contributed by atoms with Gasteiger partial charge in [0, 0.05) is 29.4 Å². The topological polar surface area (TPSA) is 83.8 Å². The average molecular weight is 322 g/mol. The monoisotopic (exact) mass is 322 g/mol. The van der Waals surface area contributed by atoms with Crippen molar-refractivity contribution in [2.24, 2.45) is 11.7 Å². The molecule has 1 unspecified atom stereocenters. The van der Waals surface area contributed by atoms with E-state index in [4.69, 9.17) is 5.73 Å². The maximum absolute atomic E-state index is 12.7. The molecule has 2 aliphatic rings. The lowest BCUT2D eigenvalue weighted by atomic mass is 9.82. The van der Waals surface area contributed by atoms with Gasteiger partial charge < -0.3 is 16.0 Å². The number of carbonyl (C=O) groups is 1. The van der Waals surface area contributed by atoms with Crippen molar-refractivity contribution in [1.82, 2.24) is 9.97 Å². The number of aromatic amines is 1. The lowest BCUT2D eigenvalue weighted by Gasteiger charge is -2.26. The maximum Gasteiger partial charge on any atom is 0.255 e. The summed E-state index contributed by atoms with van der Waals surface area (Å²) in [6.07, 6.45) is 13.0. The van der Waals surface area contributed by atoms with Gasteiger partial charge in [0.25, 0.3) is 5.91 Å². The Bertz CT molecular complexity index is 833. The third-order valence-corrected chi connectivity index (χ3v) is 5.15. The maximum atomic E-state index is 12.7. The van der Waals surface area contributed by atoms with Gasteiger partial charge >= 0.3 is 0 Å². The van der Waals surface area contributed by atoms with E-state index in [0.717, 1.165) is 41.6 Å². The van der Waals surface area contributed by atoms with Gasteiger partial charge in [0.05, 0.1) is 5.69 Å². The molecule has 2 atom stereocenters. The van der Waals surface area contributed by atoms with Crippen LogP contribution in [-0.4, -0.2) is 21.9 Å². The molecule has 0 aromatic carbocycles. The Balaban J connectivity index is 1.56. The van der Waals surface area contributed by atoms with Crippen LogP contribution in [0.1, 0.15) is 32.1 Å². The van der Waals surface area contributed by atoms with Crippen molar-refractivity contribution in [2.75, 3.05) is 5.32 Å². The quantitative estimate of drug-likeness (QED) is 0.793.